The van der Waals surface area contributed by atoms with Gasteiger partial charge in [-0.15, -0.1) is 11.6 Å². The molecule has 10 heavy (non-hydrogen) atoms. The number of halogens is 1. The van der Waals surface area contributed by atoms with Crippen molar-refractivity contribution in [1.29, 1.82) is 0 Å². The van der Waals surface area contributed by atoms with E-state index < -0.39 is 0 Å². The monoisotopic (exact) mass is 162 g/mol. The van der Waals surface area contributed by atoms with Crippen LogP contribution in [0.2, 0.25) is 0 Å². The van der Waals surface area contributed by atoms with Crippen LogP contribution in [0, 0.1) is 11.8 Å². The van der Waals surface area contributed by atoms with Crippen molar-refractivity contribution in [3.63, 3.8) is 0 Å². The van der Waals surface area contributed by atoms with Crippen LogP contribution in [0.4, 0.5) is 0 Å². The van der Waals surface area contributed by atoms with Gasteiger partial charge in [-0.05, 0) is 18.3 Å². The smallest absolute Gasteiger partial charge is 0.0610 e. The predicted molar refractivity (Wildman–Crippen MR) is 43.4 cm³/mol. The zero-order valence-corrected chi connectivity index (χ0v) is 7.40. The van der Waals surface area contributed by atoms with Gasteiger partial charge in [0.25, 0.3) is 0 Å². The van der Waals surface area contributed by atoms with Gasteiger partial charge >= 0.3 is 0 Å². The molecule has 1 nitrogen and oxygen atoms in total. The van der Waals surface area contributed by atoms with Gasteiger partial charge in [-0.1, -0.05) is 13.8 Å². The molecule has 0 aromatic heterocycles. The molecular formula is C8H15ClO. The van der Waals surface area contributed by atoms with Crippen molar-refractivity contribution < 1.29 is 4.74 Å². The van der Waals surface area contributed by atoms with E-state index in [1.54, 1.807) is 0 Å². The minimum Gasteiger partial charge on any atom is -0.377 e. The molecule has 1 aliphatic carbocycles. The van der Waals surface area contributed by atoms with Crippen molar-refractivity contribution in [2.45, 2.75) is 26.4 Å². The normalized spacial score (nSPS) is 31.2. The van der Waals surface area contributed by atoms with Crippen LogP contribution in [-0.2, 0) is 4.74 Å². The fraction of sp³-hybridized carbons (Fsp3) is 1.00. The maximum atomic E-state index is 5.48. The van der Waals surface area contributed by atoms with Gasteiger partial charge in [0.2, 0.25) is 0 Å². The van der Waals surface area contributed by atoms with E-state index in [0.717, 1.165) is 18.4 Å². The van der Waals surface area contributed by atoms with Gasteiger partial charge in [0.1, 0.15) is 0 Å². The molecule has 2 atom stereocenters. The molecule has 0 heterocycles. The first-order valence-corrected chi connectivity index (χ1v) is 4.46. The Balaban J connectivity index is 2.02. The molecule has 0 bridgehead atoms. The third-order valence-corrected chi connectivity index (χ3v) is 2.20. The van der Waals surface area contributed by atoms with Crippen LogP contribution in [0.15, 0.2) is 0 Å². The number of alkyl halides is 1. The van der Waals surface area contributed by atoms with E-state index in [9.17, 15) is 0 Å². The molecule has 1 saturated carbocycles. The Bertz CT molecular complexity index is 103. The zero-order valence-electron chi connectivity index (χ0n) is 6.64. The van der Waals surface area contributed by atoms with Crippen LogP contribution >= 0.6 is 11.6 Å². The third kappa shape index (κ3) is 2.14. The molecular weight excluding hydrogens is 148 g/mol. The van der Waals surface area contributed by atoms with Gasteiger partial charge in [-0.2, -0.15) is 0 Å². The van der Waals surface area contributed by atoms with Crippen molar-refractivity contribution in [1.82, 2.24) is 0 Å². The number of hydrogen-bond acceptors (Lipinski definition) is 1. The van der Waals surface area contributed by atoms with Crippen LogP contribution in [0.25, 0.3) is 0 Å². The fourth-order valence-electron chi connectivity index (χ4n) is 1.28. The van der Waals surface area contributed by atoms with Crippen molar-refractivity contribution >= 4 is 11.6 Å². The molecule has 0 aromatic carbocycles. The molecule has 0 amide bonds. The van der Waals surface area contributed by atoms with E-state index in [2.05, 4.69) is 13.8 Å². The lowest BCUT2D eigenvalue weighted by Gasteiger charge is -2.02. The highest BCUT2D eigenvalue weighted by molar-refractivity contribution is 6.17. The van der Waals surface area contributed by atoms with Gasteiger partial charge in [-0.3, -0.25) is 0 Å². The van der Waals surface area contributed by atoms with Crippen LogP contribution in [0.1, 0.15) is 20.3 Å². The maximum absolute atomic E-state index is 5.48. The Hall–Kier alpha value is 0.250. The molecule has 0 aromatic rings. The molecule has 0 spiro atoms. The average molecular weight is 163 g/mol. The molecule has 1 fully saturated rings. The molecule has 0 N–H and O–H groups in total. The van der Waals surface area contributed by atoms with E-state index in [1.807, 2.05) is 0 Å². The Morgan fingerprint density at radius 1 is 1.60 bits per heavy atom. The Morgan fingerprint density at radius 3 is 2.70 bits per heavy atom. The topological polar surface area (TPSA) is 9.23 Å². The van der Waals surface area contributed by atoms with E-state index in [-0.39, 0.29) is 0 Å². The summed E-state index contributed by atoms with van der Waals surface area (Å²) in [6.07, 6.45) is 1.77. The lowest BCUT2D eigenvalue weighted by atomic mass is 10.1. The summed E-state index contributed by atoms with van der Waals surface area (Å²) in [7, 11) is 0. The van der Waals surface area contributed by atoms with Crippen LogP contribution in [0.3, 0.4) is 0 Å². The zero-order chi connectivity index (χ0) is 7.56. The second kappa shape index (κ2) is 3.59. The SMILES string of the molecule is CC(C)[C@H]1C[C@H]1OCCCl. The average Bonchev–Trinajstić information content (AvgIpc) is 2.62. The summed E-state index contributed by atoms with van der Waals surface area (Å²) in [6, 6.07) is 0. The summed E-state index contributed by atoms with van der Waals surface area (Å²) < 4.78 is 5.44. The Kier molecular flexibility index (Phi) is 2.99. The van der Waals surface area contributed by atoms with Crippen molar-refractivity contribution in [2.75, 3.05) is 12.5 Å². The molecule has 0 aliphatic heterocycles. The summed E-state index contributed by atoms with van der Waals surface area (Å²) in [5.41, 5.74) is 0. The first-order valence-electron chi connectivity index (χ1n) is 3.93. The third-order valence-electron chi connectivity index (χ3n) is 2.04. The largest absolute Gasteiger partial charge is 0.377 e. The summed E-state index contributed by atoms with van der Waals surface area (Å²) in [6.45, 7) is 5.21. The predicted octanol–water partition coefficient (Wildman–Crippen LogP) is 2.29. The van der Waals surface area contributed by atoms with Crippen molar-refractivity contribution in [3.8, 4) is 0 Å². The highest BCUT2D eigenvalue weighted by atomic mass is 35.5. The quantitative estimate of drug-likeness (QED) is 0.577. The molecule has 1 rings (SSSR count). The molecule has 2 heteroatoms. The van der Waals surface area contributed by atoms with Crippen molar-refractivity contribution in [2.24, 2.45) is 11.8 Å². The van der Waals surface area contributed by atoms with Gasteiger partial charge in [0, 0.05) is 5.88 Å². The van der Waals surface area contributed by atoms with E-state index in [1.165, 1.54) is 6.42 Å². The summed E-state index contributed by atoms with van der Waals surface area (Å²) in [5.74, 6) is 2.21. The Labute approximate surface area is 67.7 Å². The highest BCUT2D eigenvalue weighted by Crippen LogP contribution is 2.39. The van der Waals surface area contributed by atoms with Gasteiger partial charge < -0.3 is 4.74 Å². The van der Waals surface area contributed by atoms with Crippen LogP contribution < -0.4 is 0 Å². The standard InChI is InChI=1S/C8H15ClO/c1-6(2)7-5-8(7)10-4-3-9/h6-8H,3-5H2,1-2H3/t7-,8-/m1/s1. The second-order valence-electron chi connectivity index (χ2n) is 3.24. The van der Waals surface area contributed by atoms with Crippen LogP contribution in [-0.4, -0.2) is 18.6 Å². The molecule has 1 aliphatic rings. The Morgan fingerprint density at radius 2 is 2.30 bits per heavy atom. The van der Waals surface area contributed by atoms with Gasteiger partial charge in [0.05, 0.1) is 12.7 Å². The first-order chi connectivity index (χ1) is 4.75. The minimum absolute atomic E-state index is 0.527. The van der Waals surface area contributed by atoms with Gasteiger partial charge in [-0.25, -0.2) is 0 Å². The van der Waals surface area contributed by atoms with Gasteiger partial charge in [0.15, 0.2) is 0 Å². The molecule has 60 valence electrons. The van der Waals surface area contributed by atoms with E-state index in [0.29, 0.717) is 12.0 Å². The summed E-state index contributed by atoms with van der Waals surface area (Å²) in [5, 5.41) is 0. The summed E-state index contributed by atoms with van der Waals surface area (Å²) in [4.78, 5) is 0. The highest BCUT2D eigenvalue weighted by Gasteiger charge is 2.39. The van der Waals surface area contributed by atoms with E-state index >= 15 is 0 Å². The minimum atomic E-state index is 0.527. The molecule has 0 radical (unpaired) electrons. The fourth-order valence-corrected chi connectivity index (χ4v) is 1.37. The van der Waals surface area contributed by atoms with Crippen LogP contribution in [0.5, 0.6) is 0 Å². The lowest BCUT2D eigenvalue weighted by molar-refractivity contribution is 0.117. The maximum Gasteiger partial charge on any atom is 0.0610 e. The molecule has 0 saturated heterocycles. The van der Waals surface area contributed by atoms with E-state index in [4.69, 9.17) is 16.3 Å². The second-order valence-corrected chi connectivity index (χ2v) is 3.62. The lowest BCUT2D eigenvalue weighted by Crippen LogP contribution is -2.03. The first kappa shape index (κ1) is 8.35. The number of hydrogen-bond donors (Lipinski definition) is 0. The number of ether oxygens (including phenoxy) is 1. The van der Waals surface area contributed by atoms with Crippen molar-refractivity contribution in [3.05, 3.63) is 0 Å². The number of rotatable bonds is 4. The summed E-state index contributed by atoms with van der Waals surface area (Å²) >= 11 is 5.48. The molecule has 0 unspecified atom stereocenters.